The van der Waals surface area contributed by atoms with Crippen LogP contribution in [0, 0.1) is 0 Å². The number of anilines is 1. The number of nitrogens with two attached hydrogens (primary N) is 1. The van der Waals surface area contributed by atoms with Gasteiger partial charge in [0.2, 0.25) is 11.1 Å². The number of para-hydroxylation sites is 1. The van der Waals surface area contributed by atoms with E-state index in [1.54, 1.807) is 24.3 Å². The van der Waals surface area contributed by atoms with Crippen LogP contribution in [0.2, 0.25) is 0 Å². The number of nitrogen functional groups attached to an aromatic ring is 1. The molecule has 4 aromatic rings. The predicted molar refractivity (Wildman–Crippen MR) is 116 cm³/mol. The maximum Gasteiger partial charge on any atom is 0.234 e. The Labute approximate surface area is 175 Å². The number of thiophene rings is 1. The lowest BCUT2D eigenvalue weighted by atomic mass is 10.3. The van der Waals surface area contributed by atoms with Crippen LogP contribution in [0.15, 0.2) is 77.3 Å². The van der Waals surface area contributed by atoms with Crippen LogP contribution in [0.5, 0.6) is 11.5 Å². The van der Waals surface area contributed by atoms with Crippen molar-refractivity contribution < 1.29 is 9.53 Å². The summed E-state index contributed by atoms with van der Waals surface area (Å²) in [6.45, 7) is 0. The Morgan fingerprint density at radius 3 is 2.52 bits per heavy atom. The molecule has 29 heavy (non-hydrogen) atoms. The van der Waals surface area contributed by atoms with E-state index in [1.807, 2.05) is 47.8 Å². The molecule has 1 amide bonds. The molecule has 2 aromatic carbocycles. The molecule has 146 valence electrons. The number of carbonyl (C=O) groups is 1. The van der Waals surface area contributed by atoms with Crippen molar-refractivity contribution in [2.24, 2.45) is 0 Å². The maximum absolute atomic E-state index is 12.2. The molecular formula is C20H17N5O2S2. The first-order valence-electron chi connectivity index (χ1n) is 8.69. The normalized spacial score (nSPS) is 10.6. The van der Waals surface area contributed by atoms with Crippen molar-refractivity contribution in [1.82, 2.24) is 14.9 Å². The molecule has 0 spiro atoms. The number of nitrogens with one attached hydrogen (secondary N) is 1. The van der Waals surface area contributed by atoms with Crippen LogP contribution in [0.25, 0.3) is 10.7 Å². The van der Waals surface area contributed by atoms with E-state index in [1.165, 1.54) is 27.8 Å². The lowest BCUT2D eigenvalue weighted by molar-refractivity contribution is -0.113. The van der Waals surface area contributed by atoms with Crippen molar-refractivity contribution in [1.29, 1.82) is 0 Å². The second-order valence-corrected chi connectivity index (χ2v) is 7.82. The first kappa shape index (κ1) is 19.0. The third-order valence-electron chi connectivity index (χ3n) is 3.86. The number of rotatable bonds is 7. The van der Waals surface area contributed by atoms with Crippen molar-refractivity contribution in [2.45, 2.75) is 5.16 Å². The molecule has 0 aliphatic heterocycles. The molecule has 0 fully saturated rings. The van der Waals surface area contributed by atoms with Gasteiger partial charge in [-0.1, -0.05) is 36.0 Å². The van der Waals surface area contributed by atoms with Crippen LogP contribution in [0.3, 0.4) is 0 Å². The van der Waals surface area contributed by atoms with Gasteiger partial charge >= 0.3 is 0 Å². The van der Waals surface area contributed by atoms with Crippen LogP contribution in [0.1, 0.15) is 0 Å². The highest BCUT2D eigenvalue weighted by molar-refractivity contribution is 7.99. The van der Waals surface area contributed by atoms with Crippen LogP contribution < -0.4 is 15.9 Å². The number of nitrogens with zero attached hydrogens (tertiary/aromatic N) is 3. The Bertz CT molecular complexity index is 1080. The number of ether oxygens (including phenoxy) is 1. The fourth-order valence-electron chi connectivity index (χ4n) is 2.51. The van der Waals surface area contributed by atoms with Gasteiger partial charge in [-0.2, -0.15) is 0 Å². The summed E-state index contributed by atoms with van der Waals surface area (Å²) < 4.78 is 7.14. The second kappa shape index (κ2) is 8.80. The predicted octanol–water partition coefficient (Wildman–Crippen LogP) is 4.24. The summed E-state index contributed by atoms with van der Waals surface area (Å²) in [6.07, 6.45) is 0. The molecule has 4 rings (SSSR count). The molecule has 0 unspecified atom stereocenters. The number of benzene rings is 2. The Hall–Kier alpha value is -3.30. The first-order valence-corrected chi connectivity index (χ1v) is 10.6. The Morgan fingerprint density at radius 1 is 1.03 bits per heavy atom. The average molecular weight is 424 g/mol. The highest BCUT2D eigenvalue weighted by Crippen LogP contribution is 2.26. The van der Waals surface area contributed by atoms with E-state index in [4.69, 9.17) is 10.6 Å². The van der Waals surface area contributed by atoms with Crippen molar-refractivity contribution in [3.05, 3.63) is 72.1 Å². The van der Waals surface area contributed by atoms with Gasteiger partial charge in [0.15, 0.2) is 5.82 Å². The number of hydrogen-bond donors (Lipinski definition) is 2. The molecule has 0 atom stereocenters. The maximum atomic E-state index is 12.2. The number of thioether (sulfide) groups is 1. The summed E-state index contributed by atoms with van der Waals surface area (Å²) in [5.41, 5.74) is 0.685. The van der Waals surface area contributed by atoms with Gasteiger partial charge in [0.1, 0.15) is 11.5 Å². The summed E-state index contributed by atoms with van der Waals surface area (Å²) in [7, 11) is 0. The van der Waals surface area contributed by atoms with Gasteiger partial charge in [-0.05, 0) is 47.8 Å². The SMILES string of the molecule is Nn1c(SCC(=O)Nc2ccc(Oc3ccccc3)cc2)nnc1-c1cccs1. The van der Waals surface area contributed by atoms with Gasteiger partial charge in [0.05, 0.1) is 10.6 Å². The van der Waals surface area contributed by atoms with Crippen molar-refractivity contribution in [3.8, 4) is 22.2 Å². The number of carbonyl (C=O) groups excluding carboxylic acids is 1. The molecule has 2 heterocycles. The molecule has 3 N–H and O–H groups in total. The summed E-state index contributed by atoms with van der Waals surface area (Å²) in [5, 5.41) is 13.4. The molecule has 0 saturated heterocycles. The first-order chi connectivity index (χ1) is 14.2. The Morgan fingerprint density at radius 2 is 1.79 bits per heavy atom. The smallest absolute Gasteiger partial charge is 0.234 e. The lowest BCUT2D eigenvalue weighted by Crippen LogP contribution is -2.16. The fourth-order valence-corrected chi connectivity index (χ4v) is 3.87. The van der Waals surface area contributed by atoms with E-state index in [2.05, 4.69) is 15.5 Å². The number of aromatic nitrogens is 3. The van der Waals surface area contributed by atoms with Crippen LogP contribution >= 0.6 is 23.1 Å². The molecule has 0 aliphatic carbocycles. The molecule has 7 nitrogen and oxygen atoms in total. The molecule has 0 radical (unpaired) electrons. The summed E-state index contributed by atoms with van der Waals surface area (Å²) in [6, 6.07) is 20.6. The zero-order valence-corrected chi connectivity index (χ0v) is 16.8. The average Bonchev–Trinajstić information content (AvgIpc) is 3.38. The fraction of sp³-hybridized carbons (Fsp3) is 0.0500. The van der Waals surface area contributed by atoms with Gasteiger partial charge < -0.3 is 15.9 Å². The van der Waals surface area contributed by atoms with E-state index < -0.39 is 0 Å². The van der Waals surface area contributed by atoms with Crippen LogP contribution in [-0.2, 0) is 4.79 Å². The van der Waals surface area contributed by atoms with Crippen LogP contribution in [0.4, 0.5) is 5.69 Å². The molecule has 0 saturated carbocycles. The van der Waals surface area contributed by atoms with E-state index in [0.717, 1.165) is 10.6 Å². The molecule has 2 aromatic heterocycles. The van der Waals surface area contributed by atoms with E-state index in [0.29, 0.717) is 22.4 Å². The number of amides is 1. The van der Waals surface area contributed by atoms with Crippen molar-refractivity contribution in [2.75, 3.05) is 16.9 Å². The second-order valence-electron chi connectivity index (χ2n) is 5.93. The standard InChI is InChI=1S/C20H17N5O2S2/c21-25-19(17-7-4-12-28-17)23-24-20(25)29-13-18(26)22-14-8-10-16(11-9-14)27-15-5-2-1-3-6-15/h1-12H,13,21H2,(H,22,26). The van der Waals surface area contributed by atoms with Crippen molar-refractivity contribution >= 4 is 34.7 Å². The third kappa shape index (κ3) is 4.76. The zero-order chi connectivity index (χ0) is 20.1. The largest absolute Gasteiger partial charge is 0.457 e. The zero-order valence-electron chi connectivity index (χ0n) is 15.2. The molecular weight excluding hydrogens is 406 g/mol. The van der Waals surface area contributed by atoms with Gasteiger partial charge in [0, 0.05) is 5.69 Å². The van der Waals surface area contributed by atoms with Gasteiger partial charge in [-0.25, -0.2) is 4.68 Å². The van der Waals surface area contributed by atoms with E-state index >= 15 is 0 Å². The van der Waals surface area contributed by atoms with Gasteiger partial charge in [0.25, 0.3) is 0 Å². The summed E-state index contributed by atoms with van der Waals surface area (Å²) >= 11 is 2.76. The van der Waals surface area contributed by atoms with Gasteiger partial charge in [-0.15, -0.1) is 21.5 Å². The Kier molecular flexibility index (Phi) is 5.78. The highest BCUT2D eigenvalue weighted by atomic mass is 32.2. The van der Waals surface area contributed by atoms with Crippen LogP contribution in [-0.4, -0.2) is 26.5 Å². The Balaban J connectivity index is 1.31. The minimum Gasteiger partial charge on any atom is -0.457 e. The molecule has 9 heteroatoms. The van der Waals surface area contributed by atoms with Crippen molar-refractivity contribution in [3.63, 3.8) is 0 Å². The molecule has 0 aliphatic rings. The topological polar surface area (TPSA) is 95.1 Å². The van der Waals surface area contributed by atoms with E-state index in [9.17, 15) is 4.79 Å². The highest BCUT2D eigenvalue weighted by Gasteiger charge is 2.14. The number of hydrogen-bond acceptors (Lipinski definition) is 7. The van der Waals surface area contributed by atoms with Gasteiger partial charge in [-0.3, -0.25) is 4.79 Å². The minimum absolute atomic E-state index is 0.160. The summed E-state index contributed by atoms with van der Waals surface area (Å²) in [4.78, 5) is 13.2. The quantitative estimate of drug-likeness (QED) is 0.341. The minimum atomic E-state index is -0.160. The van der Waals surface area contributed by atoms with E-state index in [-0.39, 0.29) is 11.7 Å². The monoisotopic (exact) mass is 423 g/mol. The third-order valence-corrected chi connectivity index (χ3v) is 5.66. The molecule has 0 bridgehead atoms. The lowest BCUT2D eigenvalue weighted by Gasteiger charge is -2.08. The summed E-state index contributed by atoms with van der Waals surface area (Å²) in [5.74, 6) is 8.09.